The predicted molar refractivity (Wildman–Crippen MR) is 123 cm³/mol. The van der Waals surface area contributed by atoms with Crippen molar-refractivity contribution in [1.82, 2.24) is 20.1 Å². The van der Waals surface area contributed by atoms with Crippen molar-refractivity contribution in [2.45, 2.75) is 38.2 Å². The second-order valence-electron chi connectivity index (χ2n) is 8.59. The van der Waals surface area contributed by atoms with Gasteiger partial charge in [-0.2, -0.15) is 5.10 Å². The number of primary amides is 1. The van der Waals surface area contributed by atoms with Gasteiger partial charge in [-0.25, -0.2) is 4.98 Å². The van der Waals surface area contributed by atoms with Crippen molar-refractivity contribution in [3.8, 4) is 11.3 Å². The largest absolute Gasteiger partial charge is 0.368 e. The summed E-state index contributed by atoms with van der Waals surface area (Å²) in [4.78, 5) is 31.3. The molecular formula is C25H27N5O3. The van der Waals surface area contributed by atoms with E-state index in [4.69, 9.17) is 15.5 Å². The van der Waals surface area contributed by atoms with Crippen LogP contribution in [0.5, 0.6) is 0 Å². The third kappa shape index (κ3) is 4.39. The fraction of sp³-hybridized carbons (Fsp3) is 0.360. The van der Waals surface area contributed by atoms with Crippen molar-refractivity contribution < 1.29 is 14.3 Å². The lowest BCUT2D eigenvalue weighted by atomic mass is 10.1. The molecule has 1 saturated heterocycles. The summed E-state index contributed by atoms with van der Waals surface area (Å²) < 4.78 is 5.99. The molecule has 1 atom stereocenters. The lowest BCUT2D eigenvalue weighted by Gasteiger charge is -2.32. The van der Waals surface area contributed by atoms with Crippen LogP contribution in [-0.4, -0.2) is 51.6 Å². The minimum absolute atomic E-state index is 0.0408. The van der Waals surface area contributed by atoms with E-state index in [1.165, 1.54) is 6.42 Å². The zero-order valence-electron chi connectivity index (χ0n) is 18.4. The van der Waals surface area contributed by atoms with E-state index in [0.29, 0.717) is 31.0 Å². The van der Waals surface area contributed by atoms with Gasteiger partial charge in [0, 0.05) is 28.9 Å². The number of carbonyl (C=O) groups is 2. The van der Waals surface area contributed by atoms with E-state index >= 15 is 0 Å². The van der Waals surface area contributed by atoms with Gasteiger partial charge in [-0.15, -0.1) is 0 Å². The summed E-state index contributed by atoms with van der Waals surface area (Å²) in [5.74, 6) is -0.502. The predicted octanol–water partition coefficient (Wildman–Crippen LogP) is 3.05. The molecule has 0 saturated carbocycles. The number of ether oxygens (including phenoxy) is 1. The molecule has 2 aliphatic rings. The molecule has 2 amide bonds. The Morgan fingerprint density at radius 2 is 1.88 bits per heavy atom. The highest BCUT2D eigenvalue weighted by atomic mass is 16.5. The average molecular weight is 446 g/mol. The van der Waals surface area contributed by atoms with Crippen LogP contribution in [0.4, 0.5) is 0 Å². The number of morpholine rings is 1. The van der Waals surface area contributed by atoms with E-state index in [0.717, 1.165) is 53.9 Å². The number of pyridine rings is 1. The third-order valence-electron chi connectivity index (χ3n) is 6.43. The number of hydrogen-bond donors (Lipinski definition) is 2. The second kappa shape index (κ2) is 9.15. The highest BCUT2D eigenvalue weighted by Gasteiger charge is 2.30. The maximum atomic E-state index is 13.3. The Kier molecular flexibility index (Phi) is 5.92. The molecule has 3 aromatic rings. The van der Waals surface area contributed by atoms with E-state index in [1.807, 2.05) is 35.2 Å². The number of rotatable bonds is 4. The van der Waals surface area contributed by atoms with Gasteiger partial charge in [-0.3, -0.25) is 14.7 Å². The first-order valence-electron chi connectivity index (χ1n) is 11.4. The zero-order valence-corrected chi connectivity index (χ0v) is 18.4. The number of benzene rings is 1. The zero-order chi connectivity index (χ0) is 22.8. The monoisotopic (exact) mass is 445 g/mol. The van der Waals surface area contributed by atoms with Crippen molar-refractivity contribution in [3.05, 3.63) is 70.7 Å². The molecule has 1 aromatic carbocycles. The Labute approximate surface area is 192 Å². The van der Waals surface area contributed by atoms with Crippen LogP contribution in [0.3, 0.4) is 0 Å². The number of nitrogens with zero attached hydrogens (tertiary/aromatic N) is 3. The lowest BCUT2D eigenvalue weighted by Crippen LogP contribution is -2.43. The van der Waals surface area contributed by atoms with E-state index < -0.39 is 5.91 Å². The average Bonchev–Trinajstić information content (AvgIpc) is 3.11. The molecule has 3 heterocycles. The van der Waals surface area contributed by atoms with Gasteiger partial charge in [-0.05, 0) is 49.9 Å². The molecule has 1 aliphatic heterocycles. The number of H-pyrrole nitrogens is 1. The molecule has 3 N–H and O–H groups in total. The van der Waals surface area contributed by atoms with Crippen LogP contribution >= 0.6 is 0 Å². The van der Waals surface area contributed by atoms with Gasteiger partial charge >= 0.3 is 0 Å². The molecular weight excluding hydrogens is 418 g/mol. The second-order valence-corrected chi connectivity index (χ2v) is 8.59. The summed E-state index contributed by atoms with van der Waals surface area (Å²) in [6.07, 6.45) is 4.95. The Morgan fingerprint density at radius 3 is 2.70 bits per heavy atom. The Balaban J connectivity index is 1.34. The van der Waals surface area contributed by atoms with E-state index in [1.54, 1.807) is 12.1 Å². The number of hydrogen-bond acceptors (Lipinski definition) is 5. The molecule has 5 rings (SSSR count). The van der Waals surface area contributed by atoms with Crippen molar-refractivity contribution >= 4 is 11.8 Å². The molecule has 170 valence electrons. The minimum Gasteiger partial charge on any atom is -0.368 e. The molecule has 0 spiro atoms. The van der Waals surface area contributed by atoms with Crippen LogP contribution in [0.25, 0.3) is 11.3 Å². The van der Waals surface area contributed by atoms with Crippen molar-refractivity contribution in [1.29, 1.82) is 0 Å². The number of fused-ring (bicyclic) bond motifs is 1. The summed E-state index contributed by atoms with van der Waals surface area (Å²) >= 11 is 0. The number of amides is 2. The van der Waals surface area contributed by atoms with Crippen molar-refractivity contribution in [2.24, 2.45) is 5.73 Å². The maximum Gasteiger partial charge on any atom is 0.274 e. The highest BCUT2D eigenvalue weighted by molar-refractivity contribution is 5.94. The first-order chi connectivity index (χ1) is 16.1. The van der Waals surface area contributed by atoms with Gasteiger partial charge in [0.2, 0.25) is 5.91 Å². The van der Waals surface area contributed by atoms with Gasteiger partial charge in [0.1, 0.15) is 6.10 Å². The Bertz CT molecular complexity index is 1170. The summed E-state index contributed by atoms with van der Waals surface area (Å²) in [5, 5.41) is 7.48. The minimum atomic E-state index is -0.461. The molecule has 1 unspecified atom stereocenters. The fourth-order valence-electron chi connectivity index (χ4n) is 4.59. The summed E-state index contributed by atoms with van der Waals surface area (Å²) in [6, 6.07) is 12.8. The first kappa shape index (κ1) is 21.3. The van der Waals surface area contributed by atoms with Gasteiger partial charge in [0.05, 0.1) is 24.5 Å². The summed E-state index contributed by atoms with van der Waals surface area (Å²) in [5.41, 5.74) is 11.0. The molecule has 8 heteroatoms. The number of carbonyl (C=O) groups excluding carboxylic acids is 2. The van der Waals surface area contributed by atoms with E-state index in [2.05, 4.69) is 10.2 Å². The Morgan fingerprint density at radius 1 is 1.06 bits per heavy atom. The van der Waals surface area contributed by atoms with Crippen LogP contribution in [0.1, 0.15) is 63.2 Å². The quantitative estimate of drug-likeness (QED) is 0.599. The number of nitrogens with two attached hydrogens (primary N) is 1. The molecule has 0 bridgehead atoms. The van der Waals surface area contributed by atoms with E-state index in [-0.39, 0.29) is 12.0 Å². The summed E-state index contributed by atoms with van der Waals surface area (Å²) in [6.45, 7) is 1.41. The molecule has 0 radical (unpaired) electrons. The van der Waals surface area contributed by atoms with Crippen molar-refractivity contribution in [3.63, 3.8) is 0 Å². The summed E-state index contributed by atoms with van der Waals surface area (Å²) in [7, 11) is 0. The Hall–Kier alpha value is -3.52. The van der Waals surface area contributed by atoms with Crippen LogP contribution in [0.15, 0.2) is 42.5 Å². The number of nitrogens with one attached hydrogen (secondary N) is 1. The molecule has 2 aromatic heterocycles. The topological polar surface area (TPSA) is 114 Å². The van der Waals surface area contributed by atoms with Crippen LogP contribution in [0, 0.1) is 0 Å². The standard InChI is InChI=1S/C25H27N5O3/c26-24(31)17-11-9-16(10-12-17)19-7-4-8-21(27-19)22-15-30(13-14-33-22)25(32)23-18-5-2-1-3-6-20(18)28-29-23/h4,7-12,22H,1-3,5-6,13-15H2,(H2,26,31)(H,28,29). The van der Waals surface area contributed by atoms with Crippen LogP contribution in [-0.2, 0) is 17.6 Å². The fourth-order valence-corrected chi connectivity index (χ4v) is 4.59. The third-order valence-corrected chi connectivity index (χ3v) is 6.43. The van der Waals surface area contributed by atoms with Crippen LogP contribution < -0.4 is 5.73 Å². The number of aromatic amines is 1. The smallest absolute Gasteiger partial charge is 0.274 e. The SMILES string of the molecule is NC(=O)c1ccc(-c2cccc(C3CN(C(=O)c4n[nH]c5c4CCCCC5)CCO3)n2)cc1. The molecule has 33 heavy (non-hydrogen) atoms. The lowest BCUT2D eigenvalue weighted by molar-refractivity contribution is -0.0249. The number of aromatic nitrogens is 3. The van der Waals surface area contributed by atoms with Gasteiger partial charge < -0.3 is 15.4 Å². The van der Waals surface area contributed by atoms with Gasteiger partial charge in [0.25, 0.3) is 5.91 Å². The van der Waals surface area contributed by atoms with Crippen LogP contribution in [0.2, 0.25) is 0 Å². The first-order valence-corrected chi connectivity index (χ1v) is 11.4. The van der Waals surface area contributed by atoms with Gasteiger partial charge in [0.15, 0.2) is 5.69 Å². The van der Waals surface area contributed by atoms with Gasteiger partial charge in [-0.1, -0.05) is 24.6 Å². The highest BCUT2D eigenvalue weighted by Crippen LogP contribution is 2.27. The van der Waals surface area contributed by atoms with E-state index in [9.17, 15) is 9.59 Å². The molecule has 1 aliphatic carbocycles. The number of aryl methyl sites for hydroxylation is 1. The normalized spacial score (nSPS) is 18.4. The maximum absolute atomic E-state index is 13.3. The molecule has 1 fully saturated rings. The van der Waals surface area contributed by atoms with Crippen molar-refractivity contribution in [2.75, 3.05) is 19.7 Å². The molecule has 8 nitrogen and oxygen atoms in total.